The first-order valence-corrected chi connectivity index (χ1v) is 8.49. The van der Waals surface area contributed by atoms with Gasteiger partial charge in [0, 0.05) is 6.54 Å². The Balaban J connectivity index is 1.86. The summed E-state index contributed by atoms with van der Waals surface area (Å²) in [6.45, 7) is 2.53. The summed E-state index contributed by atoms with van der Waals surface area (Å²) in [5, 5.41) is 13.6. The van der Waals surface area contributed by atoms with Crippen molar-refractivity contribution in [3.05, 3.63) is 59.7 Å². The maximum Gasteiger partial charge on any atom is 0.188 e. The minimum Gasteiger partial charge on any atom is -0.493 e. The molecule has 0 amide bonds. The van der Waals surface area contributed by atoms with Crippen LogP contribution in [0.25, 0.3) is 0 Å². The van der Waals surface area contributed by atoms with Crippen LogP contribution in [0.5, 0.6) is 11.5 Å². The van der Waals surface area contributed by atoms with Crippen molar-refractivity contribution in [3.63, 3.8) is 0 Å². The molecule has 6 heteroatoms. The third-order valence-electron chi connectivity index (χ3n) is 4.12. The third-order valence-corrected chi connectivity index (χ3v) is 4.12. The van der Waals surface area contributed by atoms with E-state index in [1.165, 1.54) is 0 Å². The van der Waals surface area contributed by atoms with E-state index in [-0.39, 0.29) is 6.54 Å². The maximum absolute atomic E-state index is 10.5. The van der Waals surface area contributed by atoms with Gasteiger partial charge in [-0.3, -0.25) is 4.99 Å². The molecule has 0 bridgehead atoms. The fraction of sp³-hybridized carbons (Fsp3) is 0.350. The fourth-order valence-electron chi connectivity index (χ4n) is 2.55. The number of benzene rings is 2. The number of hydrogen-bond donors (Lipinski definition) is 3. The second kappa shape index (κ2) is 9.10. The van der Waals surface area contributed by atoms with E-state index in [1.54, 1.807) is 21.1 Å². The van der Waals surface area contributed by atoms with Crippen molar-refractivity contribution in [3.8, 4) is 11.5 Å². The molecule has 26 heavy (non-hydrogen) atoms. The zero-order valence-corrected chi connectivity index (χ0v) is 15.5. The monoisotopic (exact) mass is 357 g/mol. The topological polar surface area (TPSA) is 89.1 Å². The summed E-state index contributed by atoms with van der Waals surface area (Å²) >= 11 is 0. The van der Waals surface area contributed by atoms with Crippen LogP contribution in [0.1, 0.15) is 18.1 Å². The van der Waals surface area contributed by atoms with Crippen molar-refractivity contribution in [1.29, 1.82) is 0 Å². The molecule has 140 valence electrons. The summed E-state index contributed by atoms with van der Waals surface area (Å²) in [6, 6.07) is 15.2. The van der Waals surface area contributed by atoms with Crippen molar-refractivity contribution >= 4 is 5.96 Å². The molecule has 0 heterocycles. The van der Waals surface area contributed by atoms with Gasteiger partial charge in [0.1, 0.15) is 5.60 Å². The van der Waals surface area contributed by atoms with Gasteiger partial charge in [0.15, 0.2) is 17.5 Å². The van der Waals surface area contributed by atoms with Crippen LogP contribution < -0.4 is 20.5 Å². The van der Waals surface area contributed by atoms with Gasteiger partial charge in [0.25, 0.3) is 0 Å². The molecule has 4 N–H and O–H groups in total. The van der Waals surface area contributed by atoms with Gasteiger partial charge < -0.3 is 25.6 Å². The highest BCUT2D eigenvalue weighted by Crippen LogP contribution is 2.27. The lowest BCUT2D eigenvalue weighted by Gasteiger charge is -2.21. The van der Waals surface area contributed by atoms with Crippen LogP contribution in [0.3, 0.4) is 0 Å². The van der Waals surface area contributed by atoms with Crippen molar-refractivity contribution < 1.29 is 14.6 Å². The van der Waals surface area contributed by atoms with Gasteiger partial charge >= 0.3 is 0 Å². The number of guanidine groups is 1. The highest BCUT2D eigenvalue weighted by Gasteiger charge is 2.22. The van der Waals surface area contributed by atoms with E-state index in [4.69, 9.17) is 15.2 Å². The first-order valence-electron chi connectivity index (χ1n) is 8.49. The van der Waals surface area contributed by atoms with E-state index >= 15 is 0 Å². The molecule has 6 nitrogen and oxygen atoms in total. The molecule has 0 saturated heterocycles. The molecule has 1 atom stereocenters. The molecule has 2 rings (SSSR count). The zero-order chi connectivity index (χ0) is 19.0. The minimum absolute atomic E-state index is 0.187. The highest BCUT2D eigenvalue weighted by atomic mass is 16.5. The average molecular weight is 357 g/mol. The molecule has 0 radical (unpaired) electrons. The molecule has 0 aliphatic heterocycles. The Hall–Kier alpha value is -2.73. The smallest absolute Gasteiger partial charge is 0.188 e. The standard InChI is InChI=1S/C20H27N3O3/c1-20(24,16-7-5-4-6-8-16)14-23-19(21)22-12-11-15-9-10-17(25-2)18(13-15)26-3/h4-10,13,24H,11-12,14H2,1-3H3,(H3,21,22,23). The summed E-state index contributed by atoms with van der Waals surface area (Å²) in [7, 11) is 3.23. The molecule has 0 fully saturated rings. The van der Waals surface area contributed by atoms with Gasteiger partial charge in [0.05, 0.1) is 20.8 Å². The number of rotatable bonds is 8. The number of hydrogen-bond acceptors (Lipinski definition) is 4. The molecule has 2 aromatic carbocycles. The number of aliphatic imine (C=N–C) groups is 1. The Morgan fingerprint density at radius 3 is 2.46 bits per heavy atom. The molecule has 2 aromatic rings. The molecular formula is C20H27N3O3. The number of nitrogens with two attached hydrogens (primary N) is 1. The predicted molar refractivity (Wildman–Crippen MR) is 104 cm³/mol. The number of nitrogens with one attached hydrogen (secondary N) is 1. The van der Waals surface area contributed by atoms with E-state index < -0.39 is 5.60 Å². The van der Waals surface area contributed by atoms with E-state index in [0.29, 0.717) is 24.0 Å². The Morgan fingerprint density at radius 1 is 1.12 bits per heavy atom. The van der Waals surface area contributed by atoms with E-state index in [2.05, 4.69) is 10.3 Å². The van der Waals surface area contributed by atoms with Crippen LogP contribution in [0.15, 0.2) is 53.5 Å². The Kier molecular flexibility index (Phi) is 6.86. The lowest BCUT2D eigenvalue weighted by atomic mass is 9.96. The molecule has 0 aliphatic carbocycles. The summed E-state index contributed by atoms with van der Waals surface area (Å²) in [5.41, 5.74) is 6.75. The van der Waals surface area contributed by atoms with Gasteiger partial charge in [-0.15, -0.1) is 0 Å². The van der Waals surface area contributed by atoms with E-state index in [9.17, 15) is 5.11 Å². The SMILES string of the molecule is COc1ccc(CCNC(N)=NCC(C)(O)c2ccccc2)cc1OC. The number of methoxy groups -OCH3 is 2. The largest absolute Gasteiger partial charge is 0.493 e. The summed E-state index contributed by atoms with van der Waals surface area (Å²) < 4.78 is 10.5. The predicted octanol–water partition coefficient (Wildman–Crippen LogP) is 2.06. The summed E-state index contributed by atoms with van der Waals surface area (Å²) in [5.74, 6) is 1.71. The molecular weight excluding hydrogens is 330 g/mol. The van der Waals surface area contributed by atoms with Crippen molar-refractivity contribution in [1.82, 2.24) is 5.32 Å². The molecule has 0 spiro atoms. The average Bonchev–Trinajstić information content (AvgIpc) is 2.67. The van der Waals surface area contributed by atoms with Crippen LogP contribution in [0.2, 0.25) is 0 Å². The minimum atomic E-state index is -1.06. The third kappa shape index (κ3) is 5.39. The molecule has 0 aliphatic rings. The van der Waals surface area contributed by atoms with Crippen molar-refractivity contribution in [2.45, 2.75) is 18.9 Å². The van der Waals surface area contributed by atoms with Gasteiger partial charge in [-0.2, -0.15) is 0 Å². The first-order chi connectivity index (χ1) is 12.5. The Morgan fingerprint density at radius 2 is 1.81 bits per heavy atom. The molecule has 1 unspecified atom stereocenters. The molecule has 0 aromatic heterocycles. The Bertz CT molecular complexity index is 730. The fourth-order valence-corrected chi connectivity index (χ4v) is 2.55. The number of aliphatic hydroxyl groups is 1. The lowest BCUT2D eigenvalue weighted by Crippen LogP contribution is -2.35. The zero-order valence-electron chi connectivity index (χ0n) is 15.5. The quantitative estimate of drug-likeness (QED) is 0.497. The van der Waals surface area contributed by atoms with Gasteiger partial charge in [-0.05, 0) is 36.6 Å². The van der Waals surface area contributed by atoms with Crippen LogP contribution in [-0.4, -0.2) is 38.4 Å². The van der Waals surface area contributed by atoms with Gasteiger partial charge in [-0.25, -0.2) is 0 Å². The summed E-state index contributed by atoms with van der Waals surface area (Å²) in [4.78, 5) is 4.25. The number of ether oxygens (including phenoxy) is 2. The van der Waals surface area contributed by atoms with Gasteiger partial charge in [0.2, 0.25) is 0 Å². The lowest BCUT2D eigenvalue weighted by molar-refractivity contribution is 0.0673. The van der Waals surface area contributed by atoms with Crippen molar-refractivity contribution in [2.24, 2.45) is 10.7 Å². The first kappa shape index (κ1) is 19.6. The summed E-state index contributed by atoms with van der Waals surface area (Å²) in [6.07, 6.45) is 0.756. The maximum atomic E-state index is 10.5. The molecule has 0 saturated carbocycles. The normalized spacial score (nSPS) is 13.8. The van der Waals surface area contributed by atoms with Crippen LogP contribution >= 0.6 is 0 Å². The van der Waals surface area contributed by atoms with Crippen LogP contribution in [0, 0.1) is 0 Å². The van der Waals surface area contributed by atoms with Crippen LogP contribution in [-0.2, 0) is 12.0 Å². The Labute approximate surface area is 154 Å². The second-order valence-electron chi connectivity index (χ2n) is 6.21. The number of nitrogens with zero attached hydrogens (tertiary/aromatic N) is 1. The van der Waals surface area contributed by atoms with Crippen LogP contribution in [0.4, 0.5) is 0 Å². The van der Waals surface area contributed by atoms with E-state index in [1.807, 2.05) is 48.5 Å². The second-order valence-corrected chi connectivity index (χ2v) is 6.21. The van der Waals surface area contributed by atoms with Gasteiger partial charge in [-0.1, -0.05) is 36.4 Å². The van der Waals surface area contributed by atoms with Crippen molar-refractivity contribution in [2.75, 3.05) is 27.3 Å². The highest BCUT2D eigenvalue weighted by molar-refractivity contribution is 5.77. The van der Waals surface area contributed by atoms with E-state index in [0.717, 1.165) is 17.5 Å².